The molecule has 0 saturated heterocycles. The van der Waals surface area contributed by atoms with Gasteiger partial charge in [-0.1, -0.05) is 40.2 Å². The van der Waals surface area contributed by atoms with E-state index in [4.69, 9.17) is 5.73 Å². The second kappa shape index (κ2) is 5.30. The number of fused-ring (bicyclic) bond motifs is 1. The summed E-state index contributed by atoms with van der Waals surface area (Å²) < 4.78 is 14.8. The Hall–Kier alpha value is -2.20. The van der Waals surface area contributed by atoms with Gasteiger partial charge in [-0.15, -0.1) is 0 Å². The molecule has 3 aromatic carbocycles. The summed E-state index contributed by atoms with van der Waals surface area (Å²) in [4.78, 5) is 12.6. The normalized spacial score (nSPS) is 10.8. The number of hydrogen-bond acceptors (Lipinski definition) is 2. The first kappa shape index (κ1) is 13.8. The number of halogens is 2. The third-order valence-electron chi connectivity index (χ3n) is 3.35. The maximum Gasteiger partial charge on any atom is 0.196 e. The Morgan fingerprint density at radius 3 is 2.43 bits per heavy atom. The number of benzene rings is 3. The monoisotopic (exact) mass is 343 g/mol. The highest BCUT2D eigenvalue weighted by Gasteiger charge is 2.17. The molecule has 2 nitrogen and oxygen atoms in total. The smallest absolute Gasteiger partial charge is 0.196 e. The Labute approximate surface area is 129 Å². The molecule has 0 unspecified atom stereocenters. The van der Waals surface area contributed by atoms with Gasteiger partial charge in [-0.2, -0.15) is 0 Å². The molecule has 4 heteroatoms. The number of carbonyl (C=O) groups excluding carboxylic acids is 1. The Bertz CT molecular complexity index is 861. The molecule has 0 atom stereocenters. The van der Waals surface area contributed by atoms with E-state index in [0.717, 1.165) is 15.2 Å². The van der Waals surface area contributed by atoms with E-state index in [1.54, 1.807) is 12.1 Å². The van der Waals surface area contributed by atoms with Crippen molar-refractivity contribution >= 4 is 38.2 Å². The number of anilines is 1. The van der Waals surface area contributed by atoms with Gasteiger partial charge in [0.05, 0.1) is 5.56 Å². The molecule has 0 spiro atoms. The Morgan fingerprint density at radius 2 is 1.67 bits per heavy atom. The maximum atomic E-state index is 13.9. The van der Waals surface area contributed by atoms with Gasteiger partial charge in [0.1, 0.15) is 5.82 Å². The van der Waals surface area contributed by atoms with Gasteiger partial charge in [-0.3, -0.25) is 4.79 Å². The Kier molecular flexibility index (Phi) is 3.47. The van der Waals surface area contributed by atoms with E-state index in [2.05, 4.69) is 15.9 Å². The fourth-order valence-corrected chi connectivity index (χ4v) is 2.80. The molecule has 0 saturated carbocycles. The number of nitrogens with two attached hydrogens (primary N) is 1. The minimum atomic E-state index is -0.568. The molecular formula is C17H11BrFNO. The van der Waals surface area contributed by atoms with Gasteiger partial charge >= 0.3 is 0 Å². The summed E-state index contributed by atoms with van der Waals surface area (Å²) >= 11 is 3.46. The molecule has 0 aliphatic rings. The molecule has 104 valence electrons. The van der Waals surface area contributed by atoms with Crippen molar-refractivity contribution in [2.45, 2.75) is 0 Å². The van der Waals surface area contributed by atoms with Crippen molar-refractivity contribution < 1.29 is 9.18 Å². The van der Waals surface area contributed by atoms with Crippen molar-refractivity contribution in [2.75, 3.05) is 5.73 Å². The lowest BCUT2D eigenvalue weighted by atomic mass is 9.97. The van der Waals surface area contributed by atoms with Crippen LogP contribution in [0.25, 0.3) is 10.8 Å². The Balaban J connectivity index is 2.23. The van der Waals surface area contributed by atoms with Gasteiger partial charge in [0, 0.05) is 15.7 Å². The highest BCUT2D eigenvalue weighted by Crippen LogP contribution is 2.29. The highest BCUT2D eigenvalue weighted by atomic mass is 79.9. The van der Waals surface area contributed by atoms with Gasteiger partial charge in [-0.05, 0) is 41.1 Å². The number of carbonyl (C=O) groups is 1. The van der Waals surface area contributed by atoms with Crippen LogP contribution in [0.1, 0.15) is 15.9 Å². The van der Waals surface area contributed by atoms with Gasteiger partial charge in [0.2, 0.25) is 0 Å². The number of ketones is 1. The lowest BCUT2D eigenvalue weighted by Gasteiger charge is -2.09. The summed E-state index contributed by atoms with van der Waals surface area (Å²) in [6.45, 7) is 0. The summed E-state index contributed by atoms with van der Waals surface area (Å²) in [5.41, 5.74) is 6.46. The van der Waals surface area contributed by atoms with Crippen molar-refractivity contribution in [3.05, 3.63) is 76.0 Å². The molecule has 0 aromatic heterocycles. The van der Waals surface area contributed by atoms with Crippen molar-refractivity contribution in [1.82, 2.24) is 0 Å². The predicted octanol–water partition coefficient (Wildman–Crippen LogP) is 4.55. The van der Waals surface area contributed by atoms with Crippen LogP contribution in [0.3, 0.4) is 0 Å². The molecule has 0 radical (unpaired) electrons. The van der Waals surface area contributed by atoms with Gasteiger partial charge in [-0.25, -0.2) is 4.39 Å². The van der Waals surface area contributed by atoms with Crippen LogP contribution >= 0.6 is 15.9 Å². The number of hydrogen-bond donors (Lipinski definition) is 1. The number of rotatable bonds is 2. The summed E-state index contributed by atoms with van der Waals surface area (Å²) in [5.74, 6) is -0.940. The average Bonchev–Trinajstić information content (AvgIpc) is 2.50. The van der Waals surface area contributed by atoms with Gasteiger partial charge in [0.15, 0.2) is 5.78 Å². The first-order valence-electron chi connectivity index (χ1n) is 6.35. The Morgan fingerprint density at radius 1 is 0.952 bits per heavy atom. The van der Waals surface area contributed by atoms with Crippen LogP contribution in [0.2, 0.25) is 0 Å². The summed E-state index contributed by atoms with van der Waals surface area (Å²) in [6.07, 6.45) is 0. The molecule has 0 heterocycles. The largest absolute Gasteiger partial charge is 0.399 e. The van der Waals surface area contributed by atoms with Crippen LogP contribution in [-0.4, -0.2) is 5.78 Å². The molecule has 0 fully saturated rings. The molecule has 0 bridgehead atoms. The lowest BCUT2D eigenvalue weighted by Crippen LogP contribution is -2.06. The molecule has 0 amide bonds. The third-order valence-corrected chi connectivity index (χ3v) is 4.04. The van der Waals surface area contributed by atoms with E-state index >= 15 is 0 Å². The first-order chi connectivity index (χ1) is 10.1. The number of nitrogen functional groups attached to an aromatic ring is 1. The molecule has 2 N–H and O–H groups in total. The average molecular weight is 344 g/mol. The van der Waals surface area contributed by atoms with Crippen molar-refractivity contribution in [3.63, 3.8) is 0 Å². The van der Waals surface area contributed by atoms with E-state index in [9.17, 15) is 9.18 Å². The zero-order valence-corrected chi connectivity index (χ0v) is 12.5. The summed E-state index contributed by atoms with van der Waals surface area (Å²) in [7, 11) is 0. The predicted molar refractivity (Wildman–Crippen MR) is 85.9 cm³/mol. The van der Waals surface area contributed by atoms with Crippen molar-refractivity contribution in [1.29, 1.82) is 0 Å². The highest BCUT2D eigenvalue weighted by molar-refractivity contribution is 9.10. The van der Waals surface area contributed by atoms with Crippen LogP contribution in [0.5, 0.6) is 0 Å². The van der Waals surface area contributed by atoms with Crippen LogP contribution in [0.4, 0.5) is 10.1 Å². The van der Waals surface area contributed by atoms with Crippen molar-refractivity contribution in [3.8, 4) is 0 Å². The van der Waals surface area contributed by atoms with E-state index in [-0.39, 0.29) is 11.3 Å². The van der Waals surface area contributed by atoms with Gasteiger partial charge < -0.3 is 5.73 Å². The molecule has 3 rings (SSSR count). The fraction of sp³-hybridized carbons (Fsp3) is 0. The zero-order chi connectivity index (χ0) is 15.0. The van der Waals surface area contributed by atoms with Crippen LogP contribution < -0.4 is 5.73 Å². The quantitative estimate of drug-likeness (QED) is 0.547. The van der Waals surface area contributed by atoms with E-state index < -0.39 is 5.82 Å². The third kappa shape index (κ3) is 2.43. The van der Waals surface area contributed by atoms with Crippen molar-refractivity contribution in [2.24, 2.45) is 0 Å². The fourth-order valence-electron chi connectivity index (χ4n) is 2.32. The standard InChI is InChI=1S/C17H11BrFNO/c18-15-7-6-13(11-3-1-2-4-12(11)15)17(21)14-9-10(20)5-8-16(14)19/h1-9H,20H2. The second-order valence-electron chi connectivity index (χ2n) is 4.71. The summed E-state index contributed by atoms with van der Waals surface area (Å²) in [6, 6.07) is 15.0. The van der Waals surface area contributed by atoms with E-state index in [1.807, 2.05) is 24.3 Å². The minimum absolute atomic E-state index is 0.0116. The van der Waals surface area contributed by atoms with Crippen LogP contribution in [-0.2, 0) is 0 Å². The van der Waals surface area contributed by atoms with Crippen LogP contribution in [0, 0.1) is 5.82 Å². The maximum absolute atomic E-state index is 13.9. The zero-order valence-electron chi connectivity index (χ0n) is 10.9. The molecular weight excluding hydrogens is 333 g/mol. The lowest BCUT2D eigenvalue weighted by molar-refractivity contribution is 0.103. The molecule has 3 aromatic rings. The molecule has 0 aliphatic heterocycles. The molecule has 21 heavy (non-hydrogen) atoms. The minimum Gasteiger partial charge on any atom is -0.399 e. The van der Waals surface area contributed by atoms with Gasteiger partial charge in [0.25, 0.3) is 0 Å². The molecule has 0 aliphatic carbocycles. The summed E-state index contributed by atoms with van der Waals surface area (Å²) in [5, 5.41) is 1.69. The van der Waals surface area contributed by atoms with E-state index in [0.29, 0.717) is 11.3 Å². The van der Waals surface area contributed by atoms with E-state index in [1.165, 1.54) is 18.2 Å². The topological polar surface area (TPSA) is 43.1 Å². The second-order valence-corrected chi connectivity index (χ2v) is 5.56. The first-order valence-corrected chi connectivity index (χ1v) is 7.14. The van der Waals surface area contributed by atoms with Crippen LogP contribution in [0.15, 0.2) is 59.1 Å². The SMILES string of the molecule is Nc1ccc(F)c(C(=O)c2ccc(Br)c3ccccc23)c1.